The molecular formula is C21H24N2O2S. The molecule has 136 valence electrons. The zero-order valence-electron chi connectivity index (χ0n) is 15.4. The van der Waals surface area contributed by atoms with Crippen molar-refractivity contribution in [3.63, 3.8) is 0 Å². The highest BCUT2D eigenvalue weighted by Crippen LogP contribution is 2.31. The molecule has 0 saturated carbocycles. The van der Waals surface area contributed by atoms with E-state index in [0.29, 0.717) is 6.54 Å². The molecule has 1 N–H and O–H groups in total. The van der Waals surface area contributed by atoms with Crippen LogP contribution in [0.25, 0.3) is 0 Å². The first kappa shape index (κ1) is 18.4. The largest absolute Gasteiger partial charge is 0.493 e. The molecule has 0 aliphatic carbocycles. The molecule has 3 rings (SSSR count). The third kappa shape index (κ3) is 4.23. The number of nitrogens with zero attached hydrogens (tertiary/aromatic N) is 1. The Morgan fingerprint density at radius 2 is 2.00 bits per heavy atom. The minimum atomic E-state index is 0.127. The predicted molar refractivity (Wildman–Crippen MR) is 106 cm³/mol. The van der Waals surface area contributed by atoms with Crippen LogP contribution in [-0.2, 0) is 13.0 Å². The monoisotopic (exact) mass is 368 g/mol. The SMILES string of the molecule is COc1cccc(CN[C@H](Cc2ccsc2)c2ncccc2C)c1OC. The number of thiophene rings is 1. The lowest BCUT2D eigenvalue weighted by Gasteiger charge is -2.21. The van der Waals surface area contributed by atoms with Crippen LogP contribution in [0, 0.1) is 6.92 Å². The van der Waals surface area contributed by atoms with Crippen molar-refractivity contribution in [3.05, 3.63) is 75.7 Å². The number of nitrogens with one attached hydrogen (secondary N) is 1. The molecule has 0 fully saturated rings. The van der Waals surface area contributed by atoms with Crippen molar-refractivity contribution in [2.45, 2.75) is 25.9 Å². The summed E-state index contributed by atoms with van der Waals surface area (Å²) in [7, 11) is 3.33. The molecule has 0 amide bonds. The lowest BCUT2D eigenvalue weighted by molar-refractivity contribution is 0.349. The zero-order valence-corrected chi connectivity index (χ0v) is 16.2. The van der Waals surface area contributed by atoms with E-state index in [2.05, 4.69) is 46.2 Å². The third-order valence-electron chi connectivity index (χ3n) is 4.42. The molecule has 1 atom stereocenters. The van der Waals surface area contributed by atoms with Gasteiger partial charge in [-0.15, -0.1) is 0 Å². The van der Waals surface area contributed by atoms with Gasteiger partial charge in [-0.25, -0.2) is 0 Å². The fourth-order valence-electron chi connectivity index (χ4n) is 3.10. The predicted octanol–water partition coefficient (Wildman–Crippen LogP) is 4.54. The second-order valence-corrected chi connectivity index (χ2v) is 6.91. The molecule has 0 radical (unpaired) electrons. The van der Waals surface area contributed by atoms with Crippen LogP contribution in [0.5, 0.6) is 11.5 Å². The van der Waals surface area contributed by atoms with E-state index in [-0.39, 0.29) is 6.04 Å². The smallest absolute Gasteiger partial charge is 0.165 e. The van der Waals surface area contributed by atoms with Gasteiger partial charge in [-0.1, -0.05) is 18.2 Å². The number of aryl methyl sites for hydroxylation is 1. The van der Waals surface area contributed by atoms with Gasteiger partial charge in [-0.3, -0.25) is 4.98 Å². The zero-order chi connectivity index (χ0) is 18.4. The summed E-state index contributed by atoms with van der Waals surface area (Å²) >= 11 is 1.72. The van der Waals surface area contributed by atoms with Gasteiger partial charge in [0.1, 0.15) is 0 Å². The Bertz CT molecular complexity index is 834. The summed E-state index contributed by atoms with van der Waals surface area (Å²) in [5, 5.41) is 7.97. The number of ether oxygens (including phenoxy) is 2. The van der Waals surface area contributed by atoms with Gasteiger partial charge in [0, 0.05) is 18.3 Å². The molecule has 26 heavy (non-hydrogen) atoms. The van der Waals surface area contributed by atoms with Crippen LogP contribution in [0.3, 0.4) is 0 Å². The molecule has 0 spiro atoms. The lowest BCUT2D eigenvalue weighted by Crippen LogP contribution is -2.25. The van der Waals surface area contributed by atoms with Crippen molar-refractivity contribution in [2.75, 3.05) is 14.2 Å². The summed E-state index contributed by atoms with van der Waals surface area (Å²) in [6, 6.07) is 12.3. The topological polar surface area (TPSA) is 43.4 Å². The van der Waals surface area contributed by atoms with E-state index in [4.69, 9.17) is 9.47 Å². The van der Waals surface area contributed by atoms with E-state index in [1.54, 1.807) is 25.6 Å². The molecule has 1 aromatic carbocycles. The molecule has 3 aromatic rings. The van der Waals surface area contributed by atoms with Crippen molar-refractivity contribution >= 4 is 11.3 Å². The molecule has 2 aromatic heterocycles. The number of rotatable bonds is 8. The van der Waals surface area contributed by atoms with Crippen molar-refractivity contribution in [1.82, 2.24) is 10.3 Å². The van der Waals surface area contributed by atoms with Gasteiger partial charge < -0.3 is 14.8 Å². The summed E-state index contributed by atoms with van der Waals surface area (Å²) in [6.45, 7) is 2.78. The summed E-state index contributed by atoms with van der Waals surface area (Å²) in [5.74, 6) is 1.52. The maximum atomic E-state index is 5.56. The number of hydrogen-bond acceptors (Lipinski definition) is 5. The van der Waals surface area contributed by atoms with Gasteiger partial charge in [-0.2, -0.15) is 11.3 Å². The molecule has 4 nitrogen and oxygen atoms in total. The summed E-state index contributed by atoms with van der Waals surface area (Å²) in [5.41, 5.74) is 4.66. The fourth-order valence-corrected chi connectivity index (χ4v) is 3.78. The first-order chi connectivity index (χ1) is 12.7. The van der Waals surface area contributed by atoms with Crippen LogP contribution in [0.15, 0.2) is 53.4 Å². The highest BCUT2D eigenvalue weighted by Gasteiger charge is 2.17. The Kier molecular flexibility index (Phi) is 6.26. The van der Waals surface area contributed by atoms with Gasteiger partial charge in [-0.05, 0) is 53.4 Å². The van der Waals surface area contributed by atoms with Crippen molar-refractivity contribution in [2.24, 2.45) is 0 Å². The molecule has 5 heteroatoms. The van der Waals surface area contributed by atoms with E-state index in [1.807, 2.05) is 24.4 Å². The number of para-hydroxylation sites is 1. The van der Waals surface area contributed by atoms with Crippen LogP contribution in [0.2, 0.25) is 0 Å². The number of pyridine rings is 1. The average molecular weight is 369 g/mol. The number of benzene rings is 1. The summed E-state index contributed by atoms with van der Waals surface area (Å²) in [4.78, 5) is 4.63. The van der Waals surface area contributed by atoms with Gasteiger partial charge >= 0.3 is 0 Å². The Hall–Kier alpha value is -2.37. The average Bonchev–Trinajstić information content (AvgIpc) is 3.18. The maximum absolute atomic E-state index is 5.56. The molecular weight excluding hydrogens is 344 g/mol. The van der Waals surface area contributed by atoms with Crippen LogP contribution in [-0.4, -0.2) is 19.2 Å². The van der Waals surface area contributed by atoms with Crippen molar-refractivity contribution in [3.8, 4) is 11.5 Å². The van der Waals surface area contributed by atoms with E-state index in [0.717, 1.165) is 29.2 Å². The maximum Gasteiger partial charge on any atom is 0.165 e. The summed E-state index contributed by atoms with van der Waals surface area (Å²) < 4.78 is 11.0. The number of aromatic nitrogens is 1. The van der Waals surface area contributed by atoms with E-state index >= 15 is 0 Å². The van der Waals surface area contributed by atoms with Crippen LogP contribution < -0.4 is 14.8 Å². The van der Waals surface area contributed by atoms with Crippen molar-refractivity contribution < 1.29 is 9.47 Å². The molecule has 0 aliphatic heterocycles. The highest BCUT2D eigenvalue weighted by atomic mass is 32.1. The Labute approximate surface area is 158 Å². The quantitative estimate of drug-likeness (QED) is 0.634. The van der Waals surface area contributed by atoms with E-state index in [9.17, 15) is 0 Å². The van der Waals surface area contributed by atoms with Gasteiger partial charge in [0.2, 0.25) is 0 Å². The minimum Gasteiger partial charge on any atom is -0.493 e. The lowest BCUT2D eigenvalue weighted by atomic mass is 10.0. The first-order valence-electron chi connectivity index (χ1n) is 8.58. The second-order valence-electron chi connectivity index (χ2n) is 6.13. The Balaban J connectivity index is 1.84. The highest BCUT2D eigenvalue weighted by molar-refractivity contribution is 7.07. The number of hydrogen-bond donors (Lipinski definition) is 1. The van der Waals surface area contributed by atoms with E-state index < -0.39 is 0 Å². The normalized spacial score (nSPS) is 12.0. The van der Waals surface area contributed by atoms with Crippen LogP contribution >= 0.6 is 11.3 Å². The van der Waals surface area contributed by atoms with Crippen LogP contribution in [0.4, 0.5) is 0 Å². The molecule has 0 bridgehead atoms. The van der Waals surface area contributed by atoms with Crippen LogP contribution in [0.1, 0.15) is 28.4 Å². The Morgan fingerprint density at radius 3 is 2.69 bits per heavy atom. The summed E-state index contributed by atoms with van der Waals surface area (Å²) in [6.07, 6.45) is 2.75. The molecule has 0 unspecified atom stereocenters. The van der Waals surface area contributed by atoms with E-state index in [1.165, 1.54) is 11.1 Å². The van der Waals surface area contributed by atoms with Gasteiger partial charge in [0.15, 0.2) is 11.5 Å². The van der Waals surface area contributed by atoms with Crippen molar-refractivity contribution in [1.29, 1.82) is 0 Å². The molecule has 2 heterocycles. The fraction of sp³-hybridized carbons (Fsp3) is 0.286. The number of methoxy groups -OCH3 is 2. The third-order valence-corrected chi connectivity index (χ3v) is 5.16. The first-order valence-corrected chi connectivity index (χ1v) is 9.53. The second kappa shape index (κ2) is 8.83. The standard InChI is InChI=1S/C21H24N2O2S/c1-15-6-5-10-22-20(15)18(12-16-9-11-26-14-16)23-13-17-7-4-8-19(24-2)21(17)25-3/h4-11,14,18,23H,12-13H2,1-3H3/t18-/m1/s1. The Morgan fingerprint density at radius 1 is 1.12 bits per heavy atom. The molecule has 0 aliphatic rings. The van der Waals surface area contributed by atoms with Gasteiger partial charge in [0.25, 0.3) is 0 Å². The molecule has 0 saturated heterocycles. The minimum absolute atomic E-state index is 0.127. The van der Waals surface area contributed by atoms with Gasteiger partial charge in [0.05, 0.1) is 26.0 Å².